The first-order chi connectivity index (χ1) is 25.5. The number of aliphatic hydroxyl groups is 1. The molecule has 6 nitrogen and oxygen atoms in total. The van der Waals surface area contributed by atoms with E-state index in [9.17, 15) is 14.7 Å². The van der Waals surface area contributed by atoms with Crippen LogP contribution in [0.2, 0.25) is 0 Å². The third-order valence-corrected chi connectivity index (χ3v) is 9.97. The number of aliphatic hydroxyl groups excluding tert-OH is 1. The molecule has 52 heavy (non-hydrogen) atoms. The molecule has 0 aromatic heterocycles. The minimum Gasteiger partial charge on any atom is -0.466 e. The lowest BCUT2D eigenvalue weighted by molar-refractivity contribution is -0.144. The van der Waals surface area contributed by atoms with Crippen molar-refractivity contribution >= 4 is 11.9 Å². The number of unbranched alkanes of at least 4 members (excludes halogenated alkanes) is 19. The predicted molar refractivity (Wildman–Crippen MR) is 223 cm³/mol. The van der Waals surface area contributed by atoms with E-state index in [1.54, 1.807) is 0 Å². The van der Waals surface area contributed by atoms with E-state index in [0.29, 0.717) is 26.1 Å². The fourth-order valence-electron chi connectivity index (χ4n) is 6.70. The zero-order chi connectivity index (χ0) is 38.2. The van der Waals surface area contributed by atoms with E-state index in [1.807, 2.05) is 6.08 Å². The largest absolute Gasteiger partial charge is 0.466 e. The summed E-state index contributed by atoms with van der Waals surface area (Å²) in [4.78, 5) is 26.6. The molecule has 6 heteroatoms. The van der Waals surface area contributed by atoms with Crippen LogP contribution in [0.4, 0.5) is 0 Å². The number of nitrogens with zero attached hydrogens (tertiary/aromatic N) is 1. The van der Waals surface area contributed by atoms with E-state index in [-0.39, 0.29) is 18.5 Å². The number of rotatable bonds is 40. The smallest absolute Gasteiger partial charge is 0.305 e. The van der Waals surface area contributed by atoms with Gasteiger partial charge in [-0.05, 0) is 94.9 Å². The standard InChI is InChI=1S/C46H85NO5/c1-5-9-12-13-14-21-29-41-51-45(49)35-24-17-15-19-27-37-47(39-40-48)38-28-20-16-18-25-36-46(50)52-42-30-26-34-44(33-23-11-7-3)43(31-8-4)32-22-10-6-2/h8,31,34,48H,4-7,9-30,32-33,35-42H2,1-3H3/b43-31-,44-34-. The Morgan fingerprint density at radius 3 is 1.46 bits per heavy atom. The first-order valence-corrected chi connectivity index (χ1v) is 22.2. The average Bonchev–Trinajstić information content (AvgIpc) is 3.14. The minimum atomic E-state index is -0.0631. The second-order valence-electron chi connectivity index (χ2n) is 14.9. The number of ether oxygens (including phenoxy) is 2. The van der Waals surface area contributed by atoms with E-state index in [4.69, 9.17) is 9.47 Å². The zero-order valence-corrected chi connectivity index (χ0v) is 34.7. The molecule has 0 amide bonds. The fraction of sp³-hybridized carbons (Fsp3) is 0.826. The molecule has 0 saturated heterocycles. The van der Waals surface area contributed by atoms with Gasteiger partial charge < -0.3 is 19.5 Å². The molecule has 0 rings (SSSR count). The van der Waals surface area contributed by atoms with E-state index in [2.05, 4.69) is 44.4 Å². The van der Waals surface area contributed by atoms with Crippen LogP contribution in [-0.4, -0.2) is 61.4 Å². The first-order valence-electron chi connectivity index (χ1n) is 22.2. The second-order valence-corrected chi connectivity index (χ2v) is 14.9. The summed E-state index contributed by atoms with van der Waals surface area (Å²) in [5.41, 5.74) is 2.90. The Bertz CT molecular complexity index is 882. The van der Waals surface area contributed by atoms with Crippen LogP contribution < -0.4 is 0 Å². The second kappa shape index (κ2) is 40.3. The molecule has 0 aliphatic carbocycles. The molecule has 0 unspecified atom stereocenters. The molecule has 0 aromatic rings. The lowest BCUT2D eigenvalue weighted by Crippen LogP contribution is -2.29. The Morgan fingerprint density at radius 1 is 0.519 bits per heavy atom. The van der Waals surface area contributed by atoms with Gasteiger partial charge in [0, 0.05) is 19.4 Å². The molecule has 0 aromatic carbocycles. The van der Waals surface area contributed by atoms with Gasteiger partial charge in [0.15, 0.2) is 0 Å². The van der Waals surface area contributed by atoms with Gasteiger partial charge in [0.25, 0.3) is 0 Å². The summed E-state index contributed by atoms with van der Waals surface area (Å²) >= 11 is 0. The highest BCUT2D eigenvalue weighted by Crippen LogP contribution is 2.24. The Kier molecular flexibility index (Phi) is 38.8. The van der Waals surface area contributed by atoms with Crippen LogP contribution in [0.1, 0.15) is 207 Å². The minimum absolute atomic E-state index is 0.0369. The molecular weight excluding hydrogens is 647 g/mol. The van der Waals surface area contributed by atoms with Gasteiger partial charge in [-0.3, -0.25) is 9.59 Å². The summed E-state index contributed by atoms with van der Waals surface area (Å²) in [5, 5.41) is 9.52. The summed E-state index contributed by atoms with van der Waals surface area (Å²) in [7, 11) is 0. The normalized spacial score (nSPS) is 12.1. The molecule has 0 atom stereocenters. The summed E-state index contributed by atoms with van der Waals surface area (Å²) in [5.74, 6) is -0.100. The number of esters is 2. The van der Waals surface area contributed by atoms with E-state index >= 15 is 0 Å². The summed E-state index contributed by atoms with van der Waals surface area (Å²) < 4.78 is 11.0. The Balaban J connectivity index is 3.96. The van der Waals surface area contributed by atoms with E-state index in [0.717, 1.165) is 122 Å². The van der Waals surface area contributed by atoms with Crippen LogP contribution in [0.5, 0.6) is 0 Å². The zero-order valence-electron chi connectivity index (χ0n) is 34.7. The lowest BCUT2D eigenvalue weighted by atomic mass is 9.93. The van der Waals surface area contributed by atoms with E-state index < -0.39 is 0 Å². The van der Waals surface area contributed by atoms with E-state index in [1.165, 1.54) is 81.8 Å². The number of hydrogen-bond acceptors (Lipinski definition) is 6. The predicted octanol–water partition coefficient (Wildman–Crippen LogP) is 12.8. The van der Waals surface area contributed by atoms with Crippen molar-refractivity contribution in [2.75, 3.05) is 39.5 Å². The van der Waals surface area contributed by atoms with Gasteiger partial charge in [-0.25, -0.2) is 0 Å². The van der Waals surface area contributed by atoms with Crippen LogP contribution in [0.3, 0.4) is 0 Å². The molecule has 0 fully saturated rings. The van der Waals surface area contributed by atoms with Crippen molar-refractivity contribution in [3.63, 3.8) is 0 Å². The summed E-state index contributed by atoms with van der Waals surface area (Å²) in [6.07, 6.45) is 38.5. The topological polar surface area (TPSA) is 76.1 Å². The van der Waals surface area contributed by atoms with Gasteiger partial charge in [0.05, 0.1) is 19.8 Å². The van der Waals surface area contributed by atoms with Crippen molar-refractivity contribution in [1.29, 1.82) is 0 Å². The SMILES string of the molecule is C=C/C=C(CCCCC)\C(=C/CCCOC(=O)CCCCCCCN(CCO)CCCCCCCC(=O)OCCCCCCCCC)CCCCC. The Labute approximate surface area is 322 Å². The number of allylic oxidation sites excluding steroid dienone is 5. The molecule has 0 radical (unpaired) electrons. The first kappa shape index (κ1) is 50.1. The molecule has 0 spiro atoms. The molecule has 0 aliphatic heterocycles. The third kappa shape index (κ3) is 33.9. The maximum Gasteiger partial charge on any atom is 0.305 e. The molecule has 304 valence electrons. The van der Waals surface area contributed by atoms with Gasteiger partial charge in [0.1, 0.15) is 0 Å². The highest BCUT2D eigenvalue weighted by atomic mass is 16.5. The number of hydrogen-bond donors (Lipinski definition) is 1. The van der Waals surface area contributed by atoms with Crippen molar-refractivity contribution in [2.24, 2.45) is 0 Å². The summed E-state index contributed by atoms with van der Waals surface area (Å²) in [6.45, 7) is 14.7. The quantitative estimate of drug-likeness (QED) is 0.0384. The molecule has 0 saturated carbocycles. The average molecular weight is 732 g/mol. The van der Waals surface area contributed by atoms with Crippen LogP contribution in [-0.2, 0) is 19.1 Å². The van der Waals surface area contributed by atoms with Crippen molar-refractivity contribution in [3.8, 4) is 0 Å². The molecular formula is C46H85NO5. The number of carbonyl (C=O) groups excluding carboxylic acids is 2. The highest BCUT2D eigenvalue weighted by Gasteiger charge is 2.08. The Morgan fingerprint density at radius 2 is 0.942 bits per heavy atom. The van der Waals surface area contributed by atoms with Crippen LogP contribution >= 0.6 is 0 Å². The van der Waals surface area contributed by atoms with Crippen LogP contribution in [0.25, 0.3) is 0 Å². The van der Waals surface area contributed by atoms with Crippen molar-refractivity contribution < 1.29 is 24.2 Å². The van der Waals surface area contributed by atoms with Gasteiger partial charge >= 0.3 is 11.9 Å². The third-order valence-electron chi connectivity index (χ3n) is 9.97. The lowest BCUT2D eigenvalue weighted by Gasteiger charge is -2.21. The maximum absolute atomic E-state index is 12.3. The molecule has 0 heterocycles. The number of carbonyl (C=O) groups is 2. The van der Waals surface area contributed by atoms with Crippen molar-refractivity contribution in [2.45, 2.75) is 207 Å². The van der Waals surface area contributed by atoms with Gasteiger partial charge in [-0.2, -0.15) is 0 Å². The molecule has 1 N–H and O–H groups in total. The molecule has 0 aliphatic rings. The summed E-state index contributed by atoms with van der Waals surface area (Å²) in [6, 6.07) is 0. The van der Waals surface area contributed by atoms with Gasteiger partial charge in [-0.15, -0.1) is 0 Å². The van der Waals surface area contributed by atoms with Gasteiger partial charge in [0.2, 0.25) is 0 Å². The highest BCUT2D eigenvalue weighted by molar-refractivity contribution is 5.69. The maximum atomic E-state index is 12.3. The van der Waals surface area contributed by atoms with Crippen LogP contribution in [0.15, 0.2) is 36.0 Å². The van der Waals surface area contributed by atoms with Crippen molar-refractivity contribution in [3.05, 3.63) is 36.0 Å². The monoisotopic (exact) mass is 732 g/mol. The fourth-order valence-corrected chi connectivity index (χ4v) is 6.70. The molecule has 0 bridgehead atoms. The Hall–Kier alpha value is -1.92. The van der Waals surface area contributed by atoms with Gasteiger partial charge in [-0.1, -0.05) is 148 Å². The van der Waals surface area contributed by atoms with Crippen molar-refractivity contribution in [1.82, 2.24) is 4.90 Å². The van der Waals surface area contributed by atoms with Crippen LogP contribution in [0, 0.1) is 0 Å².